The number of hydrogen-bond donors (Lipinski definition) is 1. The fourth-order valence-corrected chi connectivity index (χ4v) is 5.28. The van der Waals surface area contributed by atoms with Crippen molar-refractivity contribution >= 4 is 56.1 Å². The average Bonchev–Trinajstić information content (AvgIpc) is 3.38. The number of hydroxylamine groups is 1. The van der Waals surface area contributed by atoms with Gasteiger partial charge in [0.05, 0.1) is 17.7 Å². The zero-order valence-corrected chi connectivity index (χ0v) is 24.5. The number of hydrogen-bond acceptors (Lipinski definition) is 6. The summed E-state index contributed by atoms with van der Waals surface area (Å²) in [6.07, 6.45) is 1.59. The first-order chi connectivity index (χ1) is 18.0. The molecule has 0 aliphatic carbocycles. The first-order valence-corrected chi connectivity index (χ1v) is 14.0. The second-order valence-electron chi connectivity index (χ2n) is 10.4. The molecular formula is C29H33BrClN3O4. The Labute approximate surface area is 236 Å². The van der Waals surface area contributed by atoms with Crippen LogP contribution in [-0.2, 0) is 14.4 Å². The molecule has 1 aliphatic rings. The zero-order chi connectivity index (χ0) is 27.4. The molecule has 2 heterocycles. The molecule has 1 aliphatic heterocycles. The van der Waals surface area contributed by atoms with Gasteiger partial charge in [-0.15, -0.1) is 0 Å². The van der Waals surface area contributed by atoms with Gasteiger partial charge in [0.2, 0.25) is 0 Å². The van der Waals surface area contributed by atoms with Crippen molar-refractivity contribution in [1.82, 2.24) is 10.3 Å². The van der Waals surface area contributed by atoms with Gasteiger partial charge in [0.25, 0.3) is 5.91 Å². The number of carbonyl (C=O) groups excluding carboxylic acids is 2. The fraction of sp³-hybridized carbons (Fsp3) is 0.414. The van der Waals surface area contributed by atoms with Gasteiger partial charge in [-0.2, -0.15) is 0 Å². The van der Waals surface area contributed by atoms with Gasteiger partial charge in [-0.3, -0.25) is 14.4 Å². The minimum atomic E-state index is -0.559. The number of pyridine rings is 1. The van der Waals surface area contributed by atoms with Crippen molar-refractivity contribution in [2.75, 3.05) is 24.8 Å². The summed E-state index contributed by atoms with van der Waals surface area (Å²) in [6, 6.07) is 13.2. The number of esters is 1. The number of fused-ring (bicyclic) bond motifs is 1. The van der Waals surface area contributed by atoms with Crippen LogP contribution in [0.3, 0.4) is 0 Å². The van der Waals surface area contributed by atoms with E-state index in [9.17, 15) is 9.59 Å². The van der Waals surface area contributed by atoms with Crippen LogP contribution >= 0.6 is 27.5 Å². The van der Waals surface area contributed by atoms with Crippen molar-refractivity contribution in [3.63, 3.8) is 0 Å². The molecule has 4 rings (SSSR count). The van der Waals surface area contributed by atoms with Gasteiger partial charge in [0.15, 0.2) is 5.82 Å². The van der Waals surface area contributed by atoms with E-state index in [-0.39, 0.29) is 24.2 Å². The molecule has 0 radical (unpaired) electrons. The van der Waals surface area contributed by atoms with Crippen molar-refractivity contribution in [2.45, 2.75) is 58.5 Å². The van der Waals surface area contributed by atoms with E-state index in [4.69, 9.17) is 26.2 Å². The number of aromatic nitrogens is 1. The highest BCUT2D eigenvalue weighted by molar-refractivity contribution is 9.10. The van der Waals surface area contributed by atoms with Gasteiger partial charge < -0.3 is 10.1 Å². The largest absolute Gasteiger partial charge is 0.460 e. The Hall–Kier alpha value is -2.68. The summed E-state index contributed by atoms with van der Waals surface area (Å²) >= 11 is 10.1. The van der Waals surface area contributed by atoms with Crippen LogP contribution in [0.15, 0.2) is 46.9 Å². The SMILES string of the molecule is Cc1c(N2CCCO2)nc2ccc(Br)cc2c1C(=O)NCC(CCC(=O)OC(C)(C)C)c1ccccc1Cl. The molecule has 0 spiro atoms. The molecule has 1 fully saturated rings. The molecule has 1 saturated heterocycles. The molecular weight excluding hydrogens is 570 g/mol. The Bertz CT molecular complexity index is 1340. The lowest BCUT2D eigenvalue weighted by Gasteiger charge is -2.23. The molecule has 1 atom stereocenters. The molecule has 38 heavy (non-hydrogen) atoms. The summed E-state index contributed by atoms with van der Waals surface area (Å²) < 4.78 is 6.36. The fourth-order valence-electron chi connectivity index (χ4n) is 4.63. The summed E-state index contributed by atoms with van der Waals surface area (Å²) in [6.45, 7) is 9.08. The van der Waals surface area contributed by atoms with Gasteiger partial charge in [0, 0.05) is 45.9 Å². The third kappa shape index (κ3) is 6.84. The molecule has 3 aromatic rings. The minimum absolute atomic E-state index is 0.179. The van der Waals surface area contributed by atoms with Crippen LogP contribution in [-0.4, -0.2) is 42.2 Å². The number of amides is 1. The number of rotatable bonds is 8. The molecule has 1 aromatic heterocycles. The molecule has 202 valence electrons. The van der Waals surface area contributed by atoms with Crippen LogP contribution in [0.1, 0.15) is 67.4 Å². The quantitative estimate of drug-likeness (QED) is 0.288. The number of anilines is 1. The maximum Gasteiger partial charge on any atom is 0.306 e. The molecule has 2 aromatic carbocycles. The standard InChI is InChI=1S/C29H33BrClN3O4/c1-18-26(22-16-20(30)11-12-24(22)33-27(18)34-14-7-15-37-34)28(36)32-17-19(21-8-5-6-9-23(21)31)10-13-25(35)38-29(2,3)4/h5-6,8-9,11-12,16,19H,7,10,13-15,17H2,1-4H3,(H,32,36). The maximum atomic E-state index is 13.8. The second-order valence-corrected chi connectivity index (χ2v) is 11.8. The Morgan fingerprint density at radius 2 is 2.00 bits per heavy atom. The van der Waals surface area contributed by atoms with E-state index in [1.807, 2.05) is 70.2 Å². The number of benzene rings is 2. The van der Waals surface area contributed by atoms with Crippen molar-refractivity contribution in [3.8, 4) is 0 Å². The van der Waals surface area contributed by atoms with Crippen molar-refractivity contribution in [3.05, 3.63) is 68.7 Å². The third-order valence-corrected chi connectivity index (χ3v) is 7.19. The van der Waals surface area contributed by atoms with Crippen LogP contribution in [0.2, 0.25) is 5.02 Å². The minimum Gasteiger partial charge on any atom is -0.460 e. The lowest BCUT2D eigenvalue weighted by Crippen LogP contribution is -2.31. The predicted octanol–water partition coefficient (Wildman–Crippen LogP) is 6.74. The van der Waals surface area contributed by atoms with Crippen LogP contribution in [0, 0.1) is 6.92 Å². The van der Waals surface area contributed by atoms with Crippen molar-refractivity contribution in [2.24, 2.45) is 0 Å². The first-order valence-electron chi connectivity index (χ1n) is 12.8. The Morgan fingerprint density at radius 1 is 1.24 bits per heavy atom. The second kappa shape index (κ2) is 12.0. The molecule has 1 unspecified atom stereocenters. The van der Waals surface area contributed by atoms with E-state index < -0.39 is 5.60 Å². The number of carbonyl (C=O) groups is 2. The highest BCUT2D eigenvalue weighted by atomic mass is 79.9. The number of halogens is 2. The highest BCUT2D eigenvalue weighted by Gasteiger charge is 2.26. The van der Waals surface area contributed by atoms with Gasteiger partial charge >= 0.3 is 5.97 Å². The average molecular weight is 603 g/mol. The van der Waals surface area contributed by atoms with Crippen LogP contribution < -0.4 is 10.4 Å². The lowest BCUT2D eigenvalue weighted by molar-refractivity contribution is -0.155. The van der Waals surface area contributed by atoms with Crippen LogP contribution in [0.25, 0.3) is 10.9 Å². The Kier molecular flexibility index (Phi) is 8.96. The molecule has 0 bridgehead atoms. The predicted molar refractivity (Wildman–Crippen MR) is 154 cm³/mol. The lowest BCUT2D eigenvalue weighted by atomic mass is 9.93. The van der Waals surface area contributed by atoms with Crippen LogP contribution in [0.4, 0.5) is 5.82 Å². The molecule has 0 saturated carbocycles. The molecule has 7 nitrogen and oxygen atoms in total. The van der Waals surface area contributed by atoms with Crippen molar-refractivity contribution < 1.29 is 19.2 Å². The van der Waals surface area contributed by atoms with E-state index in [1.165, 1.54) is 0 Å². The first kappa shape index (κ1) is 28.3. The monoisotopic (exact) mass is 601 g/mol. The summed E-state index contributed by atoms with van der Waals surface area (Å²) in [5, 5.41) is 6.23. The van der Waals surface area contributed by atoms with Crippen LogP contribution in [0.5, 0.6) is 0 Å². The topological polar surface area (TPSA) is 80.8 Å². The van der Waals surface area contributed by atoms with E-state index in [0.717, 1.165) is 34.0 Å². The maximum absolute atomic E-state index is 13.8. The highest BCUT2D eigenvalue weighted by Crippen LogP contribution is 2.32. The van der Waals surface area contributed by atoms with E-state index in [0.29, 0.717) is 41.5 Å². The van der Waals surface area contributed by atoms with Gasteiger partial charge in [-0.25, -0.2) is 10.0 Å². The Balaban J connectivity index is 1.61. The van der Waals surface area contributed by atoms with E-state index >= 15 is 0 Å². The molecule has 9 heteroatoms. The number of nitrogens with zero attached hydrogens (tertiary/aromatic N) is 2. The summed E-state index contributed by atoms with van der Waals surface area (Å²) in [5.74, 6) is -0.0310. The van der Waals surface area contributed by atoms with E-state index in [1.54, 1.807) is 5.06 Å². The summed E-state index contributed by atoms with van der Waals surface area (Å²) in [4.78, 5) is 36.8. The smallest absolute Gasteiger partial charge is 0.306 e. The Morgan fingerprint density at radius 3 is 2.68 bits per heavy atom. The van der Waals surface area contributed by atoms with Crippen molar-refractivity contribution in [1.29, 1.82) is 0 Å². The van der Waals surface area contributed by atoms with Gasteiger partial charge in [-0.1, -0.05) is 45.7 Å². The van der Waals surface area contributed by atoms with Gasteiger partial charge in [0.1, 0.15) is 5.60 Å². The zero-order valence-electron chi connectivity index (χ0n) is 22.1. The number of ether oxygens (including phenoxy) is 1. The summed E-state index contributed by atoms with van der Waals surface area (Å²) in [7, 11) is 0. The normalized spacial score (nSPS) is 14.5. The van der Waals surface area contributed by atoms with Gasteiger partial charge in [-0.05, 0) is 70.4 Å². The number of nitrogens with one attached hydrogen (secondary N) is 1. The molecule has 1 amide bonds. The third-order valence-electron chi connectivity index (χ3n) is 6.35. The molecule has 1 N–H and O–H groups in total. The summed E-state index contributed by atoms with van der Waals surface area (Å²) in [5.41, 5.74) is 2.33. The van der Waals surface area contributed by atoms with E-state index in [2.05, 4.69) is 21.2 Å².